The number of likely N-dealkylation sites (tertiary alicyclic amines) is 1. The average molecular weight is 390 g/mol. The molecule has 2 amide bonds. The molecule has 1 aliphatic carbocycles. The molecule has 148 valence electrons. The van der Waals surface area contributed by atoms with Gasteiger partial charge in [0.1, 0.15) is 0 Å². The van der Waals surface area contributed by atoms with Gasteiger partial charge in [-0.15, -0.1) is 0 Å². The fraction of sp³-hybridized carbons (Fsp3) is 0.429. The molecule has 2 N–H and O–H groups in total. The second-order valence-electron chi connectivity index (χ2n) is 8.37. The number of carbonyl (C=O) groups is 2. The molecule has 1 saturated carbocycles. The van der Waals surface area contributed by atoms with Crippen molar-refractivity contribution in [3.05, 3.63) is 47.3 Å². The normalized spacial score (nSPS) is 18.7. The van der Waals surface area contributed by atoms with Gasteiger partial charge in [0.15, 0.2) is 5.69 Å². The summed E-state index contributed by atoms with van der Waals surface area (Å²) >= 11 is 0. The zero-order valence-electron chi connectivity index (χ0n) is 16.0. The van der Waals surface area contributed by atoms with Crippen LogP contribution in [0, 0.1) is 16.7 Å². The number of hydrogen-bond donors (Lipinski definition) is 2. The van der Waals surface area contributed by atoms with Gasteiger partial charge >= 0.3 is 0 Å². The summed E-state index contributed by atoms with van der Waals surface area (Å²) in [4.78, 5) is 26.4. The molecule has 1 spiro atoms. The molecule has 2 aromatic rings. The van der Waals surface area contributed by atoms with Crippen LogP contribution in [-0.2, 0) is 17.8 Å². The quantitative estimate of drug-likeness (QED) is 0.797. The van der Waals surface area contributed by atoms with E-state index in [1.165, 1.54) is 18.5 Å². The lowest BCUT2D eigenvalue weighted by atomic mass is 10.0. The zero-order valence-corrected chi connectivity index (χ0v) is 16.0. The van der Waals surface area contributed by atoms with E-state index in [1.807, 2.05) is 10.7 Å². The highest BCUT2D eigenvalue weighted by molar-refractivity contribution is 5.93. The third kappa shape index (κ3) is 3.44. The van der Waals surface area contributed by atoms with Gasteiger partial charge in [-0.25, -0.2) is 0 Å². The Bertz CT molecular complexity index is 983. The lowest BCUT2D eigenvalue weighted by molar-refractivity contribution is -0.121. The third-order valence-electron chi connectivity index (χ3n) is 6.08. The van der Waals surface area contributed by atoms with E-state index in [1.54, 1.807) is 29.2 Å². The molecule has 0 atom stereocenters. The van der Waals surface area contributed by atoms with Gasteiger partial charge in [0.05, 0.1) is 24.2 Å². The minimum atomic E-state index is -0.123. The summed E-state index contributed by atoms with van der Waals surface area (Å²) in [6, 6.07) is 10.9. The van der Waals surface area contributed by atoms with E-state index < -0.39 is 0 Å². The van der Waals surface area contributed by atoms with Crippen LogP contribution in [0.3, 0.4) is 0 Å². The molecular formula is C21H22N6O2. The number of aromatic nitrogens is 2. The van der Waals surface area contributed by atoms with Crippen LogP contribution in [0.15, 0.2) is 30.3 Å². The van der Waals surface area contributed by atoms with Gasteiger partial charge in [0.25, 0.3) is 5.91 Å². The summed E-state index contributed by atoms with van der Waals surface area (Å²) in [5.41, 5.74) is 3.49. The van der Waals surface area contributed by atoms with Gasteiger partial charge in [-0.2, -0.15) is 10.4 Å². The van der Waals surface area contributed by atoms with Crippen molar-refractivity contribution >= 4 is 17.5 Å². The van der Waals surface area contributed by atoms with Crippen LogP contribution >= 0.6 is 0 Å². The SMILES string of the molecule is N#Cc1ccc(NCC(=O)NC2CN(C(=O)c3cc4n(n3)CC3(CC3)C4)C2)cc1. The van der Waals surface area contributed by atoms with Gasteiger partial charge in [-0.3, -0.25) is 14.3 Å². The highest BCUT2D eigenvalue weighted by atomic mass is 16.2. The first-order valence-electron chi connectivity index (χ1n) is 9.93. The summed E-state index contributed by atoms with van der Waals surface area (Å²) in [6.45, 7) is 2.10. The molecule has 0 unspecified atom stereocenters. The predicted molar refractivity (Wildman–Crippen MR) is 105 cm³/mol. The van der Waals surface area contributed by atoms with E-state index in [-0.39, 0.29) is 24.4 Å². The number of rotatable bonds is 5. The maximum absolute atomic E-state index is 12.6. The number of nitrogens with zero attached hydrogens (tertiary/aromatic N) is 4. The van der Waals surface area contributed by atoms with Crippen molar-refractivity contribution in [2.45, 2.75) is 31.8 Å². The highest BCUT2D eigenvalue weighted by Gasteiger charge is 2.48. The molecule has 0 bridgehead atoms. The second kappa shape index (κ2) is 6.62. The Morgan fingerprint density at radius 2 is 2.00 bits per heavy atom. The average Bonchev–Trinajstić information content (AvgIpc) is 3.20. The smallest absolute Gasteiger partial charge is 0.274 e. The number of nitriles is 1. The molecule has 1 aromatic carbocycles. The van der Waals surface area contributed by atoms with Crippen molar-refractivity contribution in [3.63, 3.8) is 0 Å². The Kier molecular flexibility index (Phi) is 4.05. The Morgan fingerprint density at radius 3 is 2.66 bits per heavy atom. The first-order chi connectivity index (χ1) is 14.0. The monoisotopic (exact) mass is 390 g/mol. The van der Waals surface area contributed by atoms with Crippen LogP contribution in [-0.4, -0.2) is 52.2 Å². The molecule has 3 aliphatic rings. The molecule has 3 heterocycles. The highest BCUT2D eigenvalue weighted by Crippen LogP contribution is 2.53. The van der Waals surface area contributed by atoms with Gasteiger partial charge < -0.3 is 15.5 Å². The number of anilines is 1. The van der Waals surface area contributed by atoms with Crippen molar-refractivity contribution in [3.8, 4) is 6.07 Å². The number of carbonyl (C=O) groups excluding carboxylic acids is 2. The first-order valence-corrected chi connectivity index (χ1v) is 9.93. The van der Waals surface area contributed by atoms with E-state index in [2.05, 4.69) is 21.8 Å². The molecule has 1 saturated heterocycles. The van der Waals surface area contributed by atoms with E-state index in [4.69, 9.17) is 5.26 Å². The van der Waals surface area contributed by atoms with E-state index in [0.717, 1.165) is 18.7 Å². The van der Waals surface area contributed by atoms with Gasteiger partial charge in [-0.1, -0.05) is 0 Å². The summed E-state index contributed by atoms with van der Waals surface area (Å²) in [5.74, 6) is -0.180. The van der Waals surface area contributed by atoms with Gasteiger partial charge in [0.2, 0.25) is 5.91 Å². The first kappa shape index (κ1) is 17.7. The molecule has 0 radical (unpaired) electrons. The van der Waals surface area contributed by atoms with Crippen molar-refractivity contribution in [1.82, 2.24) is 20.0 Å². The number of amides is 2. The topological polar surface area (TPSA) is 103 Å². The third-order valence-corrected chi connectivity index (χ3v) is 6.08. The largest absolute Gasteiger partial charge is 0.376 e. The van der Waals surface area contributed by atoms with Crippen LogP contribution in [0.25, 0.3) is 0 Å². The lowest BCUT2D eigenvalue weighted by Crippen LogP contribution is -2.61. The Hall–Kier alpha value is -3.34. The predicted octanol–water partition coefficient (Wildman–Crippen LogP) is 1.14. The maximum Gasteiger partial charge on any atom is 0.274 e. The van der Waals surface area contributed by atoms with Crippen molar-refractivity contribution in [2.24, 2.45) is 5.41 Å². The van der Waals surface area contributed by atoms with Crippen molar-refractivity contribution in [1.29, 1.82) is 5.26 Å². The number of benzene rings is 1. The minimum absolute atomic E-state index is 0.0292. The Balaban J connectivity index is 1.06. The molecule has 2 fully saturated rings. The molecule has 8 nitrogen and oxygen atoms in total. The minimum Gasteiger partial charge on any atom is -0.376 e. The van der Waals surface area contributed by atoms with Crippen molar-refractivity contribution in [2.75, 3.05) is 25.0 Å². The number of nitrogens with one attached hydrogen (secondary N) is 2. The summed E-state index contributed by atoms with van der Waals surface area (Å²) in [6.07, 6.45) is 3.58. The van der Waals surface area contributed by atoms with Crippen LogP contribution < -0.4 is 10.6 Å². The lowest BCUT2D eigenvalue weighted by Gasteiger charge is -2.39. The van der Waals surface area contributed by atoms with Crippen LogP contribution in [0.4, 0.5) is 5.69 Å². The van der Waals surface area contributed by atoms with Crippen LogP contribution in [0.2, 0.25) is 0 Å². The molecule has 1 aromatic heterocycles. The standard InChI is InChI=1S/C21H22N6O2/c22-9-14-1-3-15(4-2-14)23-10-19(28)24-16-11-26(12-16)20(29)18-7-17-8-21(5-6-21)13-27(17)25-18/h1-4,7,16,23H,5-6,8,10-13H2,(H,24,28). The Morgan fingerprint density at radius 1 is 1.24 bits per heavy atom. The maximum atomic E-state index is 12.6. The van der Waals surface area contributed by atoms with Crippen LogP contribution in [0.1, 0.15) is 34.6 Å². The summed E-state index contributed by atoms with van der Waals surface area (Å²) in [7, 11) is 0. The van der Waals surface area contributed by atoms with Gasteiger partial charge in [0, 0.05) is 31.0 Å². The fourth-order valence-electron chi connectivity index (χ4n) is 4.13. The summed E-state index contributed by atoms with van der Waals surface area (Å²) < 4.78 is 1.99. The fourth-order valence-corrected chi connectivity index (χ4v) is 4.13. The molecular weight excluding hydrogens is 368 g/mol. The van der Waals surface area contributed by atoms with E-state index in [9.17, 15) is 9.59 Å². The molecule has 5 rings (SSSR count). The second-order valence-corrected chi connectivity index (χ2v) is 8.37. The molecule has 2 aliphatic heterocycles. The van der Waals surface area contributed by atoms with Crippen molar-refractivity contribution < 1.29 is 9.59 Å². The zero-order chi connectivity index (χ0) is 20.0. The van der Waals surface area contributed by atoms with Crippen LogP contribution in [0.5, 0.6) is 0 Å². The number of hydrogen-bond acceptors (Lipinski definition) is 5. The van der Waals surface area contributed by atoms with E-state index in [0.29, 0.717) is 29.8 Å². The van der Waals surface area contributed by atoms with Gasteiger partial charge in [-0.05, 0) is 55.0 Å². The number of fused-ring (bicyclic) bond motifs is 1. The van der Waals surface area contributed by atoms with E-state index >= 15 is 0 Å². The molecule has 29 heavy (non-hydrogen) atoms. The Labute approximate surface area is 168 Å². The summed E-state index contributed by atoms with van der Waals surface area (Å²) in [5, 5.41) is 19.3. The molecule has 8 heteroatoms.